The minimum absolute atomic E-state index is 0.00277. The molecule has 2 heterocycles. The van der Waals surface area contributed by atoms with Gasteiger partial charge in [-0.15, -0.1) is 20.2 Å². The van der Waals surface area contributed by atoms with Crippen molar-refractivity contribution in [3.63, 3.8) is 0 Å². The quantitative estimate of drug-likeness (QED) is 0.225. The Hall–Kier alpha value is -5.03. The summed E-state index contributed by atoms with van der Waals surface area (Å²) < 4.78 is 2.11. The maximum Gasteiger partial charge on any atom is 0.291 e. The second-order valence-electron chi connectivity index (χ2n) is 7.44. The second-order valence-corrected chi connectivity index (χ2v) is 7.88. The van der Waals surface area contributed by atoms with E-state index in [1.165, 1.54) is 16.7 Å². The van der Waals surface area contributed by atoms with Gasteiger partial charge in [-0.25, -0.2) is 4.98 Å². The third kappa shape index (κ3) is 7.47. The summed E-state index contributed by atoms with van der Waals surface area (Å²) in [5, 5.41) is 29.1. The highest BCUT2D eigenvalue weighted by Gasteiger charge is 2.17. The standard InChI is InChI=1S/C25H18ClN3.2HNO3/c26-21-9-6-19(7-10-21)25(29-15-14-27-17-29)20-8-11-24-23(16-20)22(12-13-28-24)18-4-2-1-3-5-18;2*2-1(3)4/h1-17,25H;2*(H,2,3,4). The minimum Gasteiger partial charge on any atom is -0.328 e. The highest BCUT2D eigenvalue weighted by atomic mass is 35.5. The number of aromatic nitrogens is 3. The molecular formula is C25H20ClN5O6. The molecule has 2 N–H and O–H groups in total. The zero-order valence-electron chi connectivity index (χ0n) is 19.0. The van der Waals surface area contributed by atoms with Gasteiger partial charge in [-0.05, 0) is 52.6 Å². The van der Waals surface area contributed by atoms with E-state index >= 15 is 0 Å². The van der Waals surface area contributed by atoms with Gasteiger partial charge in [0.25, 0.3) is 10.2 Å². The molecule has 188 valence electrons. The van der Waals surface area contributed by atoms with Crippen molar-refractivity contribution in [2.45, 2.75) is 6.04 Å². The van der Waals surface area contributed by atoms with E-state index in [1.54, 1.807) is 6.20 Å². The molecule has 0 saturated heterocycles. The number of halogens is 1. The van der Waals surface area contributed by atoms with Crippen LogP contribution in [0.2, 0.25) is 5.02 Å². The van der Waals surface area contributed by atoms with E-state index in [4.69, 9.17) is 42.2 Å². The maximum absolute atomic E-state index is 8.36. The first-order valence-corrected chi connectivity index (χ1v) is 11.0. The molecule has 12 heteroatoms. The van der Waals surface area contributed by atoms with E-state index in [9.17, 15) is 0 Å². The molecule has 3 aromatic carbocycles. The zero-order valence-corrected chi connectivity index (χ0v) is 19.8. The van der Waals surface area contributed by atoms with Crippen molar-refractivity contribution >= 4 is 22.5 Å². The van der Waals surface area contributed by atoms with Gasteiger partial charge in [0.2, 0.25) is 0 Å². The fourth-order valence-electron chi connectivity index (χ4n) is 3.81. The summed E-state index contributed by atoms with van der Waals surface area (Å²) in [6.45, 7) is 0. The fourth-order valence-corrected chi connectivity index (χ4v) is 3.93. The molecule has 0 bridgehead atoms. The van der Waals surface area contributed by atoms with Gasteiger partial charge in [0.1, 0.15) is 0 Å². The van der Waals surface area contributed by atoms with Crippen LogP contribution in [-0.2, 0) is 0 Å². The summed E-state index contributed by atoms with van der Waals surface area (Å²) >= 11 is 6.13. The molecule has 5 rings (SSSR count). The lowest BCUT2D eigenvalue weighted by Crippen LogP contribution is -2.10. The Bertz CT molecular complexity index is 1440. The monoisotopic (exact) mass is 521 g/mol. The van der Waals surface area contributed by atoms with Crippen molar-refractivity contribution in [3.05, 3.63) is 140 Å². The van der Waals surface area contributed by atoms with Gasteiger partial charge in [0.05, 0.1) is 17.9 Å². The summed E-state index contributed by atoms with van der Waals surface area (Å²) in [6, 6.07) is 27.0. The van der Waals surface area contributed by atoms with Crippen molar-refractivity contribution in [2.24, 2.45) is 0 Å². The van der Waals surface area contributed by atoms with Crippen LogP contribution in [0.15, 0.2) is 104 Å². The Labute approximate surface area is 215 Å². The topological polar surface area (TPSA) is 157 Å². The Morgan fingerprint density at radius 1 is 0.838 bits per heavy atom. The third-order valence-electron chi connectivity index (χ3n) is 5.17. The van der Waals surface area contributed by atoms with Crippen LogP contribution in [0, 0.1) is 20.2 Å². The van der Waals surface area contributed by atoms with Gasteiger partial charge in [0, 0.05) is 29.0 Å². The maximum atomic E-state index is 8.36. The van der Waals surface area contributed by atoms with Crippen LogP contribution in [0.4, 0.5) is 0 Å². The summed E-state index contributed by atoms with van der Waals surface area (Å²) in [4.78, 5) is 25.6. The van der Waals surface area contributed by atoms with Crippen LogP contribution >= 0.6 is 11.6 Å². The van der Waals surface area contributed by atoms with Crippen molar-refractivity contribution in [1.29, 1.82) is 0 Å². The number of benzene rings is 3. The molecule has 0 spiro atoms. The smallest absolute Gasteiger partial charge is 0.291 e. The molecular weight excluding hydrogens is 502 g/mol. The van der Waals surface area contributed by atoms with Gasteiger partial charge in [0.15, 0.2) is 0 Å². The van der Waals surface area contributed by atoms with Gasteiger partial charge in [-0.1, -0.05) is 60.1 Å². The highest BCUT2D eigenvalue weighted by Crippen LogP contribution is 2.33. The second kappa shape index (κ2) is 12.6. The number of hydrogen-bond donors (Lipinski definition) is 2. The molecule has 37 heavy (non-hydrogen) atoms. The molecule has 5 aromatic rings. The first-order valence-electron chi connectivity index (χ1n) is 10.6. The van der Waals surface area contributed by atoms with Gasteiger partial charge >= 0.3 is 0 Å². The number of nitrogens with zero attached hydrogens (tertiary/aromatic N) is 5. The van der Waals surface area contributed by atoms with Crippen LogP contribution in [-0.4, -0.2) is 35.1 Å². The van der Waals surface area contributed by atoms with Crippen molar-refractivity contribution in [1.82, 2.24) is 14.5 Å². The van der Waals surface area contributed by atoms with Crippen LogP contribution < -0.4 is 0 Å². The van der Waals surface area contributed by atoms with Crippen LogP contribution in [0.3, 0.4) is 0 Å². The Morgan fingerprint density at radius 3 is 2.05 bits per heavy atom. The minimum atomic E-state index is -1.50. The lowest BCUT2D eigenvalue weighted by atomic mass is 9.94. The Balaban J connectivity index is 0.000000420. The molecule has 1 unspecified atom stereocenters. The van der Waals surface area contributed by atoms with Crippen LogP contribution in [0.25, 0.3) is 22.0 Å². The summed E-state index contributed by atoms with van der Waals surface area (Å²) in [6.07, 6.45) is 7.52. The molecule has 2 aromatic heterocycles. The SMILES string of the molecule is Clc1ccc(C(c2ccc3nccc(-c4ccccc4)c3c2)n2ccnc2)cc1.O=[N+]([O-])O.O=[N+]([O-])O. The molecule has 0 aliphatic carbocycles. The lowest BCUT2D eigenvalue weighted by Gasteiger charge is -2.21. The van der Waals surface area contributed by atoms with Crippen molar-refractivity contribution < 1.29 is 20.6 Å². The molecule has 0 amide bonds. The van der Waals surface area contributed by atoms with E-state index in [1.807, 2.05) is 36.9 Å². The van der Waals surface area contributed by atoms with E-state index in [0.717, 1.165) is 21.5 Å². The predicted octanol–water partition coefficient (Wildman–Crippen LogP) is 5.69. The molecule has 0 saturated carbocycles. The first-order chi connectivity index (χ1) is 17.8. The van der Waals surface area contributed by atoms with Crippen molar-refractivity contribution in [3.8, 4) is 11.1 Å². The van der Waals surface area contributed by atoms with E-state index in [-0.39, 0.29) is 6.04 Å². The van der Waals surface area contributed by atoms with E-state index < -0.39 is 10.2 Å². The molecule has 1 atom stereocenters. The highest BCUT2D eigenvalue weighted by molar-refractivity contribution is 6.30. The third-order valence-corrected chi connectivity index (χ3v) is 5.43. The molecule has 0 aliphatic heterocycles. The number of fused-ring (bicyclic) bond motifs is 1. The molecule has 0 aliphatic rings. The van der Waals surface area contributed by atoms with E-state index in [0.29, 0.717) is 0 Å². The number of pyridine rings is 1. The van der Waals surface area contributed by atoms with Gasteiger partial charge < -0.3 is 15.0 Å². The first kappa shape index (κ1) is 26.6. The normalized spacial score (nSPS) is 10.8. The average Bonchev–Trinajstić information content (AvgIpc) is 3.39. The van der Waals surface area contributed by atoms with Crippen molar-refractivity contribution in [2.75, 3.05) is 0 Å². The average molecular weight is 522 g/mol. The number of hydrogen-bond acceptors (Lipinski definition) is 6. The summed E-state index contributed by atoms with van der Waals surface area (Å²) in [5.41, 5.74) is 5.66. The summed E-state index contributed by atoms with van der Waals surface area (Å²) in [5.74, 6) is 0. The van der Waals surface area contributed by atoms with Gasteiger partial charge in [-0.3, -0.25) is 4.98 Å². The summed E-state index contributed by atoms with van der Waals surface area (Å²) in [7, 11) is 0. The molecule has 11 nitrogen and oxygen atoms in total. The predicted molar refractivity (Wildman–Crippen MR) is 136 cm³/mol. The number of rotatable bonds is 4. The lowest BCUT2D eigenvalue weighted by molar-refractivity contribution is -0.742. The zero-order chi connectivity index (χ0) is 26.8. The molecule has 0 radical (unpaired) electrons. The Morgan fingerprint density at radius 2 is 1.46 bits per heavy atom. The van der Waals surface area contributed by atoms with E-state index in [2.05, 4.69) is 75.2 Å². The fraction of sp³-hybridized carbons (Fsp3) is 0.0400. The van der Waals surface area contributed by atoms with Crippen LogP contribution in [0.5, 0.6) is 0 Å². The molecule has 0 fully saturated rings. The Kier molecular flexibility index (Phi) is 9.06. The van der Waals surface area contributed by atoms with Crippen LogP contribution in [0.1, 0.15) is 17.2 Å². The largest absolute Gasteiger partial charge is 0.328 e. The van der Waals surface area contributed by atoms with Gasteiger partial charge in [-0.2, -0.15) is 0 Å². The number of imidazole rings is 1.